The monoisotopic (exact) mass is 338 g/mol. The lowest BCUT2D eigenvalue weighted by atomic mass is 10.1. The maximum Gasteiger partial charge on any atom is 0.339 e. The van der Waals surface area contributed by atoms with Gasteiger partial charge in [0.2, 0.25) is 12.0 Å². The number of rotatable bonds is 5. The van der Waals surface area contributed by atoms with E-state index in [4.69, 9.17) is 10.5 Å². The average Bonchev–Trinajstić information content (AvgIpc) is 3.06. The number of anilines is 1. The highest BCUT2D eigenvalue weighted by Crippen LogP contribution is 2.24. The number of hydrogen-bond acceptors (Lipinski definition) is 4. The summed E-state index contributed by atoms with van der Waals surface area (Å²) in [6, 6.07) is 15.2. The van der Waals surface area contributed by atoms with E-state index in [9.17, 15) is 14.4 Å². The van der Waals surface area contributed by atoms with Crippen LogP contribution in [0.2, 0.25) is 0 Å². The molecule has 2 aromatic carbocycles. The van der Waals surface area contributed by atoms with Crippen molar-refractivity contribution < 1.29 is 19.1 Å². The molecule has 0 spiro atoms. The lowest BCUT2D eigenvalue weighted by Gasteiger charge is -2.18. The van der Waals surface area contributed by atoms with Crippen LogP contribution in [-0.2, 0) is 14.3 Å². The summed E-state index contributed by atoms with van der Waals surface area (Å²) in [5.74, 6) is -1.38. The summed E-state index contributed by atoms with van der Waals surface area (Å²) in [4.78, 5) is 37.6. The van der Waals surface area contributed by atoms with Gasteiger partial charge in [-0.3, -0.25) is 9.59 Å². The second-order valence-electron chi connectivity index (χ2n) is 5.80. The van der Waals surface area contributed by atoms with Crippen LogP contribution in [0.4, 0.5) is 5.69 Å². The van der Waals surface area contributed by atoms with E-state index in [1.807, 2.05) is 0 Å². The Labute approximate surface area is 145 Å². The third-order valence-electron chi connectivity index (χ3n) is 4.05. The molecule has 0 aromatic heterocycles. The highest BCUT2D eigenvalue weighted by Gasteiger charge is 2.25. The molecule has 6 heteroatoms. The van der Waals surface area contributed by atoms with E-state index in [0.29, 0.717) is 24.2 Å². The molecule has 0 bridgehead atoms. The van der Waals surface area contributed by atoms with E-state index in [0.717, 1.165) is 6.42 Å². The molecule has 1 aliphatic rings. The molecule has 2 N–H and O–H groups in total. The fourth-order valence-electron chi connectivity index (χ4n) is 2.82. The fraction of sp³-hybridized carbons (Fsp3) is 0.211. The SMILES string of the molecule is NC(=O)C(OC(=O)c1cccc(N2CCCC2=O)c1)c1ccccc1. The van der Waals surface area contributed by atoms with Crippen molar-refractivity contribution in [1.29, 1.82) is 0 Å². The number of hydrogen-bond donors (Lipinski definition) is 1. The molecular formula is C19H18N2O4. The van der Waals surface area contributed by atoms with Crippen molar-refractivity contribution in [2.24, 2.45) is 5.73 Å². The summed E-state index contributed by atoms with van der Waals surface area (Å²) in [5, 5.41) is 0. The summed E-state index contributed by atoms with van der Waals surface area (Å²) in [5.41, 5.74) is 6.79. The van der Waals surface area contributed by atoms with Crippen LogP contribution in [0, 0.1) is 0 Å². The third kappa shape index (κ3) is 3.68. The number of carbonyl (C=O) groups excluding carboxylic acids is 3. The number of ether oxygens (including phenoxy) is 1. The second-order valence-corrected chi connectivity index (χ2v) is 5.80. The number of primary amides is 1. The third-order valence-corrected chi connectivity index (χ3v) is 4.05. The standard InChI is InChI=1S/C19H18N2O4/c20-18(23)17(13-6-2-1-3-7-13)25-19(24)14-8-4-9-15(12-14)21-11-5-10-16(21)22/h1-4,6-9,12,17H,5,10-11H2,(H2,20,23). The molecule has 0 saturated carbocycles. The number of benzene rings is 2. The van der Waals surface area contributed by atoms with Crippen LogP contribution in [0.5, 0.6) is 0 Å². The zero-order valence-electron chi connectivity index (χ0n) is 13.6. The predicted octanol–water partition coefficient (Wildman–Crippen LogP) is 2.20. The van der Waals surface area contributed by atoms with Gasteiger partial charge in [0.25, 0.3) is 5.91 Å². The van der Waals surface area contributed by atoms with Crippen LogP contribution >= 0.6 is 0 Å². The molecule has 0 aliphatic carbocycles. The fourth-order valence-corrected chi connectivity index (χ4v) is 2.82. The first kappa shape index (κ1) is 16.7. The van der Waals surface area contributed by atoms with Crippen LogP contribution in [-0.4, -0.2) is 24.3 Å². The van der Waals surface area contributed by atoms with E-state index in [1.54, 1.807) is 59.5 Å². The molecule has 1 fully saturated rings. The average molecular weight is 338 g/mol. The van der Waals surface area contributed by atoms with Crippen LogP contribution < -0.4 is 10.6 Å². The molecule has 6 nitrogen and oxygen atoms in total. The van der Waals surface area contributed by atoms with E-state index in [1.165, 1.54) is 0 Å². The Bertz CT molecular complexity index is 804. The minimum Gasteiger partial charge on any atom is -0.444 e. The van der Waals surface area contributed by atoms with Crippen LogP contribution in [0.1, 0.15) is 34.9 Å². The van der Waals surface area contributed by atoms with Crippen molar-refractivity contribution in [2.45, 2.75) is 18.9 Å². The van der Waals surface area contributed by atoms with Crippen molar-refractivity contribution in [3.05, 3.63) is 65.7 Å². The zero-order valence-corrected chi connectivity index (χ0v) is 13.6. The normalized spacial score (nSPS) is 15.0. The highest BCUT2D eigenvalue weighted by atomic mass is 16.5. The number of carbonyl (C=O) groups is 3. The van der Waals surface area contributed by atoms with Gasteiger partial charge in [0.15, 0.2) is 0 Å². The van der Waals surface area contributed by atoms with E-state index < -0.39 is 18.0 Å². The maximum absolute atomic E-state index is 12.4. The number of nitrogens with two attached hydrogens (primary N) is 1. The Morgan fingerprint density at radius 1 is 1.08 bits per heavy atom. The van der Waals surface area contributed by atoms with Crippen molar-refractivity contribution in [3.8, 4) is 0 Å². The van der Waals surface area contributed by atoms with Crippen LogP contribution in [0.15, 0.2) is 54.6 Å². The number of esters is 1. The second kappa shape index (κ2) is 7.17. The van der Waals surface area contributed by atoms with Crippen LogP contribution in [0.25, 0.3) is 0 Å². The predicted molar refractivity (Wildman–Crippen MR) is 91.8 cm³/mol. The van der Waals surface area contributed by atoms with Crippen molar-refractivity contribution >= 4 is 23.5 Å². The van der Waals surface area contributed by atoms with Crippen LogP contribution in [0.3, 0.4) is 0 Å². The van der Waals surface area contributed by atoms with E-state index in [-0.39, 0.29) is 11.5 Å². The summed E-state index contributed by atoms with van der Waals surface area (Å²) < 4.78 is 5.31. The molecule has 1 unspecified atom stereocenters. The van der Waals surface area contributed by atoms with Crippen molar-refractivity contribution in [2.75, 3.05) is 11.4 Å². The van der Waals surface area contributed by atoms with Crippen molar-refractivity contribution in [3.63, 3.8) is 0 Å². The summed E-state index contributed by atoms with van der Waals surface area (Å²) in [6.07, 6.45) is 0.142. The van der Waals surface area contributed by atoms with Gasteiger partial charge in [-0.15, -0.1) is 0 Å². The Kier molecular flexibility index (Phi) is 4.79. The zero-order chi connectivity index (χ0) is 17.8. The lowest BCUT2D eigenvalue weighted by molar-refractivity contribution is -0.127. The smallest absolute Gasteiger partial charge is 0.339 e. The first-order chi connectivity index (χ1) is 12.1. The first-order valence-electron chi connectivity index (χ1n) is 8.02. The first-order valence-corrected chi connectivity index (χ1v) is 8.02. The van der Waals surface area contributed by atoms with Gasteiger partial charge in [-0.2, -0.15) is 0 Å². The summed E-state index contributed by atoms with van der Waals surface area (Å²) in [7, 11) is 0. The Morgan fingerprint density at radius 2 is 1.84 bits per heavy atom. The minimum absolute atomic E-state index is 0.0322. The van der Waals surface area contributed by atoms with Gasteiger partial charge in [-0.1, -0.05) is 36.4 Å². The molecular weight excluding hydrogens is 320 g/mol. The molecule has 2 amide bonds. The highest BCUT2D eigenvalue weighted by molar-refractivity contribution is 5.98. The van der Waals surface area contributed by atoms with E-state index in [2.05, 4.69) is 0 Å². The topological polar surface area (TPSA) is 89.7 Å². The number of nitrogens with zero attached hydrogens (tertiary/aromatic N) is 1. The van der Waals surface area contributed by atoms with Gasteiger partial charge in [0, 0.05) is 24.2 Å². The summed E-state index contributed by atoms with van der Waals surface area (Å²) >= 11 is 0. The molecule has 0 radical (unpaired) electrons. The molecule has 128 valence electrons. The molecule has 1 heterocycles. The Hall–Kier alpha value is -3.15. The van der Waals surface area contributed by atoms with Gasteiger partial charge in [0.05, 0.1) is 5.56 Å². The quantitative estimate of drug-likeness (QED) is 0.846. The molecule has 1 saturated heterocycles. The molecule has 2 aromatic rings. The Balaban J connectivity index is 1.80. The molecule has 1 atom stereocenters. The minimum atomic E-state index is -1.16. The van der Waals surface area contributed by atoms with Crippen molar-refractivity contribution in [1.82, 2.24) is 0 Å². The van der Waals surface area contributed by atoms with E-state index >= 15 is 0 Å². The van der Waals surface area contributed by atoms with Gasteiger partial charge < -0.3 is 15.4 Å². The molecule has 1 aliphatic heterocycles. The van der Waals surface area contributed by atoms with Gasteiger partial charge in [0.1, 0.15) is 0 Å². The Morgan fingerprint density at radius 3 is 2.48 bits per heavy atom. The molecule has 25 heavy (non-hydrogen) atoms. The summed E-state index contributed by atoms with van der Waals surface area (Å²) in [6.45, 7) is 0.630. The van der Waals surface area contributed by atoms with Gasteiger partial charge >= 0.3 is 5.97 Å². The lowest BCUT2D eigenvalue weighted by Crippen LogP contribution is -2.26. The van der Waals surface area contributed by atoms with Gasteiger partial charge in [-0.25, -0.2) is 4.79 Å². The molecule has 3 rings (SSSR count). The van der Waals surface area contributed by atoms with Gasteiger partial charge in [-0.05, 0) is 24.6 Å². The maximum atomic E-state index is 12.4. The largest absolute Gasteiger partial charge is 0.444 e. The number of amides is 2.